The molecule has 3 aliphatic heterocycles. The summed E-state index contributed by atoms with van der Waals surface area (Å²) < 4.78 is 10.7. The number of piperazine rings is 1. The molecule has 2 aromatic carbocycles. The number of fused-ring (bicyclic) bond motifs is 1. The number of hydrogen-bond acceptors (Lipinski definition) is 5. The normalized spacial score (nSPS) is 19.8. The van der Waals surface area contributed by atoms with Gasteiger partial charge in [0, 0.05) is 50.4 Å². The molecule has 3 aliphatic rings. The van der Waals surface area contributed by atoms with E-state index in [1.807, 2.05) is 24.3 Å². The Morgan fingerprint density at radius 3 is 2.52 bits per heavy atom. The predicted molar refractivity (Wildman–Crippen MR) is 121 cm³/mol. The third-order valence-electron chi connectivity index (χ3n) is 6.60. The van der Waals surface area contributed by atoms with Gasteiger partial charge in [0.05, 0.1) is 5.92 Å². The zero-order valence-corrected chi connectivity index (χ0v) is 18.7. The Kier molecular flexibility index (Phi) is 5.66. The highest BCUT2D eigenvalue weighted by Gasteiger charge is 2.38. The minimum atomic E-state index is -0.348. The molecule has 0 radical (unpaired) electrons. The van der Waals surface area contributed by atoms with Gasteiger partial charge in [-0.3, -0.25) is 14.4 Å². The molecule has 2 saturated heterocycles. The van der Waals surface area contributed by atoms with E-state index in [1.54, 1.807) is 32.9 Å². The van der Waals surface area contributed by atoms with E-state index in [4.69, 9.17) is 9.47 Å². The zero-order chi connectivity index (χ0) is 22.9. The van der Waals surface area contributed by atoms with E-state index in [0.717, 1.165) is 12.1 Å². The van der Waals surface area contributed by atoms with Crippen molar-refractivity contribution in [3.05, 3.63) is 53.6 Å². The van der Waals surface area contributed by atoms with Crippen LogP contribution in [0.3, 0.4) is 0 Å². The molecule has 2 aromatic rings. The van der Waals surface area contributed by atoms with Crippen molar-refractivity contribution in [3.63, 3.8) is 0 Å². The fraction of sp³-hybridized carbons (Fsp3) is 0.400. The zero-order valence-electron chi connectivity index (χ0n) is 18.7. The monoisotopic (exact) mass is 449 g/mol. The molecule has 2 fully saturated rings. The van der Waals surface area contributed by atoms with Gasteiger partial charge >= 0.3 is 0 Å². The Hall–Kier alpha value is -3.55. The van der Waals surface area contributed by atoms with E-state index < -0.39 is 0 Å². The van der Waals surface area contributed by atoms with Crippen LogP contribution in [0.2, 0.25) is 0 Å². The molecule has 3 amide bonds. The summed E-state index contributed by atoms with van der Waals surface area (Å²) in [5.74, 6) is 0.765. The van der Waals surface area contributed by atoms with Crippen LogP contribution in [0.1, 0.15) is 29.3 Å². The second kappa shape index (κ2) is 8.77. The van der Waals surface area contributed by atoms with Crippen LogP contribution in [0.25, 0.3) is 0 Å². The molecule has 0 aliphatic carbocycles. The third-order valence-corrected chi connectivity index (χ3v) is 6.60. The summed E-state index contributed by atoms with van der Waals surface area (Å²) in [6.45, 7) is 4.49. The van der Waals surface area contributed by atoms with Crippen molar-refractivity contribution in [3.8, 4) is 11.5 Å². The fourth-order valence-corrected chi connectivity index (χ4v) is 4.67. The SMILES string of the molecule is CCc1cccc(N2C[C@@H](C(=O)N3CCN(C(=O)c4ccc5c(c4)OCO5)CC3)CC2=O)c1. The maximum Gasteiger partial charge on any atom is 0.254 e. The van der Waals surface area contributed by atoms with Crippen LogP contribution in [0, 0.1) is 5.92 Å². The first kappa shape index (κ1) is 21.3. The molecule has 3 heterocycles. The van der Waals surface area contributed by atoms with Gasteiger partial charge in [0.1, 0.15) is 0 Å². The van der Waals surface area contributed by atoms with E-state index in [-0.39, 0.29) is 36.9 Å². The number of carbonyl (C=O) groups is 3. The van der Waals surface area contributed by atoms with Crippen LogP contribution >= 0.6 is 0 Å². The number of carbonyl (C=O) groups excluding carboxylic acids is 3. The topological polar surface area (TPSA) is 79.4 Å². The highest BCUT2D eigenvalue weighted by atomic mass is 16.7. The number of aryl methyl sites for hydroxylation is 1. The van der Waals surface area contributed by atoms with Gasteiger partial charge in [-0.25, -0.2) is 0 Å². The Morgan fingerprint density at radius 1 is 0.970 bits per heavy atom. The van der Waals surface area contributed by atoms with E-state index in [9.17, 15) is 14.4 Å². The van der Waals surface area contributed by atoms with Crippen molar-refractivity contribution in [2.75, 3.05) is 44.4 Å². The number of hydrogen-bond donors (Lipinski definition) is 0. The first-order valence-corrected chi connectivity index (χ1v) is 11.4. The standard InChI is InChI=1S/C25H27N3O5/c1-2-17-4-3-5-20(12-17)28-15-19(14-23(28)29)25(31)27-10-8-26(9-11-27)24(30)18-6-7-21-22(13-18)33-16-32-21/h3-7,12-13,19H,2,8-11,14-16H2,1H3/t19-/m0/s1. The van der Waals surface area contributed by atoms with Gasteiger partial charge in [0.2, 0.25) is 18.6 Å². The molecule has 0 spiro atoms. The summed E-state index contributed by atoms with van der Waals surface area (Å²) in [6, 6.07) is 13.1. The van der Waals surface area contributed by atoms with Gasteiger partial charge in [0.15, 0.2) is 11.5 Å². The van der Waals surface area contributed by atoms with Crippen molar-refractivity contribution in [2.45, 2.75) is 19.8 Å². The molecule has 0 N–H and O–H groups in total. The second-order valence-corrected chi connectivity index (χ2v) is 8.61. The smallest absolute Gasteiger partial charge is 0.254 e. The molecular formula is C25H27N3O5. The Balaban J connectivity index is 1.18. The van der Waals surface area contributed by atoms with Gasteiger partial charge in [0.25, 0.3) is 5.91 Å². The lowest BCUT2D eigenvalue weighted by atomic mass is 10.1. The Morgan fingerprint density at radius 2 is 1.73 bits per heavy atom. The number of rotatable bonds is 4. The van der Waals surface area contributed by atoms with Crippen LogP contribution in [-0.2, 0) is 16.0 Å². The summed E-state index contributed by atoms with van der Waals surface area (Å²) >= 11 is 0. The number of anilines is 1. The molecule has 5 rings (SSSR count). The first-order chi connectivity index (χ1) is 16.0. The number of benzene rings is 2. The predicted octanol–water partition coefficient (Wildman–Crippen LogP) is 2.32. The van der Waals surface area contributed by atoms with E-state index in [2.05, 4.69) is 6.92 Å². The van der Waals surface area contributed by atoms with Gasteiger partial charge in [-0.15, -0.1) is 0 Å². The third kappa shape index (κ3) is 4.13. The minimum Gasteiger partial charge on any atom is -0.454 e. The average Bonchev–Trinajstić information content (AvgIpc) is 3.49. The summed E-state index contributed by atoms with van der Waals surface area (Å²) in [6.07, 6.45) is 1.12. The lowest BCUT2D eigenvalue weighted by molar-refractivity contribution is -0.137. The van der Waals surface area contributed by atoms with Crippen molar-refractivity contribution in [1.82, 2.24) is 9.80 Å². The average molecular weight is 450 g/mol. The van der Waals surface area contributed by atoms with E-state index in [1.165, 1.54) is 5.56 Å². The Bertz CT molecular complexity index is 1090. The molecule has 1 atom stereocenters. The highest BCUT2D eigenvalue weighted by molar-refractivity contribution is 6.00. The maximum absolute atomic E-state index is 13.1. The molecule has 8 nitrogen and oxygen atoms in total. The van der Waals surface area contributed by atoms with E-state index >= 15 is 0 Å². The summed E-state index contributed by atoms with van der Waals surface area (Å²) in [7, 11) is 0. The van der Waals surface area contributed by atoms with Crippen molar-refractivity contribution in [1.29, 1.82) is 0 Å². The molecule has 0 saturated carbocycles. The summed E-state index contributed by atoms with van der Waals surface area (Å²) in [5.41, 5.74) is 2.57. The fourth-order valence-electron chi connectivity index (χ4n) is 4.67. The molecule has 172 valence electrons. The molecule has 0 unspecified atom stereocenters. The van der Waals surface area contributed by atoms with E-state index in [0.29, 0.717) is 49.8 Å². The van der Waals surface area contributed by atoms with Gasteiger partial charge in [-0.05, 0) is 42.3 Å². The molecule has 0 aromatic heterocycles. The molecular weight excluding hydrogens is 422 g/mol. The van der Waals surface area contributed by atoms with Crippen LogP contribution < -0.4 is 14.4 Å². The Labute approximate surface area is 192 Å². The lowest BCUT2D eigenvalue weighted by Gasteiger charge is -2.36. The minimum absolute atomic E-state index is 0.00678. The van der Waals surface area contributed by atoms with Crippen molar-refractivity contribution in [2.24, 2.45) is 5.92 Å². The second-order valence-electron chi connectivity index (χ2n) is 8.61. The summed E-state index contributed by atoms with van der Waals surface area (Å²) in [4.78, 5) is 43.9. The summed E-state index contributed by atoms with van der Waals surface area (Å²) in [5, 5.41) is 0. The first-order valence-electron chi connectivity index (χ1n) is 11.4. The number of nitrogens with zero attached hydrogens (tertiary/aromatic N) is 3. The van der Waals surface area contributed by atoms with Crippen LogP contribution in [0.15, 0.2) is 42.5 Å². The quantitative estimate of drug-likeness (QED) is 0.716. The van der Waals surface area contributed by atoms with Crippen LogP contribution in [-0.4, -0.2) is 67.0 Å². The van der Waals surface area contributed by atoms with Gasteiger partial charge in [-0.2, -0.15) is 0 Å². The molecule has 0 bridgehead atoms. The van der Waals surface area contributed by atoms with Gasteiger partial charge in [-0.1, -0.05) is 19.1 Å². The highest BCUT2D eigenvalue weighted by Crippen LogP contribution is 2.33. The van der Waals surface area contributed by atoms with Crippen LogP contribution in [0.4, 0.5) is 5.69 Å². The lowest BCUT2D eigenvalue weighted by Crippen LogP contribution is -2.52. The molecule has 8 heteroatoms. The molecule has 33 heavy (non-hydrogen) atoms. The number of ether oxygens (including phenoxy) is 2. The maximum atomic E-state index is 13.1. The number of amides is 3. The van der Waals surface area contributed by atoms with Gasteiger partial charge < -0.3 is 24.2 Å². The largest absolute Gasteiger partial charge is 0.454 e. The van der Waals surface area contributed by atoms with Crippen molar-refractivity contribution >= 4 is 23.4 Å². The van der Waals surface area contributed by atoms with Crippen LogP contribution in [0.5, 0.6) is 11.5 Å². The van der Waals surface area contributed by atoms with Crippen molar-refractivity contribution < 1.29 is 23.9 Å².